The predicted molar refractivity (Wildman–Crippen MR) is 76.2 cm³/mol. The Morgan fingerprint density at radius 1 is 1.29 bits per heavy atom. The molecule has 110 valence electrons. The van der Waals surface area contributed by atoms with E-state index in [9.17, 15) is 18.4 Å². The molecule has 2 N–H and O–H groups in total. The molecule has 1 atom stereocenters. The first-order valence-electron chi connectivity index (χ1n) is 5.61. The lowest BCUT2D eigenvalue weighted by atomic mass is 10.1. The zero-order valence-corrected chi connectivity index (χ0v) is 12.7. The second kappa shape index (κ2) is 6.31. The number of carbonyl (C=O) groups is 2. The van der Waals surface area contributed by atoms with Gasteiger partial charge in [-0.1, -0.05) is 6.07 Å². The van der Waals surface area contributed by atoms with Gasteiger partial charge in [-0.3, -0.25) is 4.79 Å². The molecule has 0 fully saturated rings. The summed E-state index contributed by atoms with van der Waals surface area (Å²) >= 11 is 4.26. The van der Waals surface area contributed by atoms with Gasteiger partial charge in [0.15, 0.2) is 6.04 Å². The molecule has 1 aromatic heterocycles. The molecule has 0 saturated heterocycles. The lowest BCUT2D eigenvalue weighted by Crippen LogP contribution is -2.34. The number of thiophene rings is 1. The van der Waals surface area contributed by atoms with Gasteiger partial charge in [-0.05, 0) is 33.4 Å². The van der Waals surface area contributed by atoms with E-state index in [1.807, 2.05) is 0 Å². The van der Waals surface area contributed by atoms with Crippen LogP contribution in [0.1, 0.15) is 21.3 Å². The third-order valence-corrected chi connectivity index (χ3v) is 4.46. The Labute approximate surface area is 130 Å². The summed E-state index contributed by atoms with van der Waals surface area (Å²) in [6, 6.07) is 2.52. The lowest BCUT2D eigenvalue weighted by Gasteiger charge is -2.15. The summed E-state index contributed by atoms with van der Waals surface area (Å²) in [4.78, 5) is 23.5. The number of halogens is 3. The molecule has 2 aromatic rings. The van der Waals surface area contributed by atoms with Crippen LogP contribution in [0.2, 0.25) is 0 Å². The van der Waals surface area contributed by atoms with Gasteiger partial charge in [-0.15, -0.1) is 11.3 Å². The maximum absolute atomic E-state index is 13.7. The maximum atomic E-state index is 13.7. The summed E-state index contributed by atoms with van der Waals surface area (Å²) in [6.07, 6.45) is 0. The SMILES string of the molecule is O=C(NC(C(=O)O)c1ccc(F)cc1F)c1sccc1Br. The molecule has 1 amide bonds. The molecule has 0 aliphatic heterocycles. The van der Waals surface area contributed by atoms with Crippen LogP contribution in [0.15, 0.2) is 34.1 Å². The fraction of sp³-hybridized carbons (Fsp3) is 0.0769. The second-order valence-corrected chi connectivity index (χ2v) is 5.78. The van der Waals surface area contributed by atoms with Gasteiger partial charge in [0.2, 0.25) is 0 Å². The fourth-order valence-electron chi connectivity index (χ4n) is 1.66. The maximum Gasteiger partial charge on any atom is 0.331 e. The van der Waals surface area contributed by atoms with Gasteiger partial charge in [0.25, 0.3) is 5.91 Å². The largest absolute Gasteiger partial charge is 0.479 e. The number of carbonyl (C=O) groups excluding carboxylic acids is 1. The second-order valence-electron chi connectivity index (χ2n) is 4.01. The number of nitrogens with one attached hydrogen (secondary N) is 1. The molecular weight excluding hydrogens is 368 g/mol. The Morgan fingerprint density at radius 2 is 2.00 bits per heavy atom. The zero-order chi connectivity index (χ0) is 15.6. The van der Waals surface area contributed by atoms with E-state index in [-0.39, 0.29) is 10.4 Å². The summed E-state index contributed by atoms with van der Waals surface area (Å²) in [5.41, 5.74) is -0.315. The topological polar surface area (TPSA) is 66.4 Å². The van der Waals surface area contributed by atoms with E-state index in [1.54, 1.807) is 11.4 Å². The third-order valence-electron chi connectivity index (χ3n) is 2.62. The van der Waals surface area contributed by atoms with Crippen LogP contribution in [0, 0.1) is 11.6 Å². The van der Waals surface area contributed by atoms with E-state index in [0.717, 1.165) is 23.5 Å². The van der Waals surface area contributed by atoms with Crippen molar-refractivity contribution in [3.8, 4) is 0 Å². The minimum absolute atomic E-state index is 0.267. The number of carboxylic acid groups (broad SMARTS) is 1. The summed E-state index contributed by atoms with van der Waals surface area (Å²) < 4.78 is 27.1. The molecule has 0 spiro atoms. The Morgan fingerprint density at radius 3 is 2.52 bits per heavy atom. The summed E-state index contributed by atoms with van der Waals surface area (Å²) in [5, 5.41) is 13.0. The quantitative estimate of drug-likeness (QED) is 0.860. The fourth-order valence-corrected chi connectivity index (χ4v) is 3.11. The highest BCUT2D eigenvalue weighted by molar-refractivity contribution is 9.10. The smallest absolute Gasteiger partial charge is 0.331 e. The minimum atomic E-state index is -1.60. The molecule has 4 nitrogen and oxygen atoms in total. The minimum Gasteiger partial charge on any atom is -0.479 e. The normalized spacial score (nSPS) is 12.0. The Balaban J connectivity index is 2.30. The molecule has 21 heavy (non-hydrogen) atoms. The highest BCUT2D eigenvalue weighted by Gasteiger charge is 2.26. The molecule has 1 aromatic carbocycles. The zero-order valence-electron chi connectivity index (χ0n) is 10.3. The molecule has 0 bridgehead atoms. The van der Waals surface area contributed by atoms with Crippen molar-refractivity contribution in [3.05, 3.63) is 56.2 Å². The van der Waals surface area contributed by atoms with Crippen LogP contribution >= 0.6 is 27.3 Å². The molecular formula is C13H8BrF2NO3S. The van der Waals surface area contributed by atoms with E-state index in [4.69, 9.17) is 5.11 Å². The van der Waals surface area contributed by atoms with Gasteiger partial charge < -0.3 is 10.4 Å². The van der Waals surface area contributed by atoms with E-state index >= 15 is 0 Å². The van der Waals surface area contributed by atoms with E-state index in [2.05, 4.69) is 21.2 Å². The molecule has 0 radical (unpaired) electrons. The average Bonchev–Trinajstić information content (AvgIpc) is 2.82. The Kier molecular flexibility index (Phi) is 4.69. The van der Waals surface area contributed by atoms with Crippen LogP contribution in [0.5, 0.6) is 0 Å². The molecule has 0 aliphatic carbocycles. The summed E-state index contributed by atoms with van der Waals surface area (Å²) in [7, 11) is 0. The van der Waals surface area contributed by atoms with Gasteiger partial charge in [-0.25, -0.2) is 13.6 Å². The first-order valence-corrected chi connectivity index (χ1v) is 7.29. The van der Waals surface area contributed by atoms with Gasteiger partial charge in [0, 0.05) is 16.1 Å². The van der Waals surface area contributed by atoms with E-state index < -0.39 is 29.6 Å². The van der Waals surface area contributed by atoms with Crippen molar-refractivity contribution in [2.75, 3.05) is 0 Å². The van der Waals surface area contributed by atoms with E-state index in [1.165, 1.54) is 0 Å². The van der Waals surface area contributed by atoms with Gasteiger partial charge in [0.05, 0.1) is 0 Å². The van der Waals surface area contributed by atoms with Crippen LogP contribution in [0.4, 0.5) is 8.78 Å². The van der Waals surface area contributed by atoms with Crippen LogP contribution < -0.4 is 5.32 Å². The first-order chi connectivity index (χ1) is 9.90. The number of hydrogen-bond donors (Lipinski definition) is 2. The number of rotatable bonds is 4. The lowest BCUT2D eigenvalue weighted by molar-refractivity contribution is -0.139. The van der Waals surface area contributed by atoms with Crippen molar-refractivity contribution < 1.29 is 23.5 Å². The number of amides is 1. The monoisotopic (exact) mass is 375 g/mol. The van der Waals surface area contributed by atoms with Crippen LogP contribution in [-0.4, -0.2) is 17.0 Å². The van der Waals surface area contributed by atoms with Gasteiger partial charge in [0.1, 0.15) is 16.5 Å². The average molecular weight is 376 g/mol. The first kappa shape index (κ1) is 15.6. The van der Waals surface area contributed by atoms with Crippen molar-refractivity contribution in [2.45, 2.75) is 6.04 Å². The van der Waals surface area contributed by atoms with Gasteiger partial charge >= 0.3 is 5.97 Å². The van der Waals surface area contributed by atoms with Crippen molar-refractivity contribution in [1.82, 2.24) is 5.32 Å². The number of aliphatic carboxylic acids is 1. The van der Waals surface area contributed by atoms with Crippen molar-refractivity contribution in [2.24, 2.45) is 0 Å². The predicted octanol–water partition coefficient (Wildman–Crippen LogP) is 3.34. The number of benzene rings is 1. The molecule has 1 heterocycles. The highest BCUT2D eigenvalue weighted by atomic mass is 79.9. The van der Waals surface area contributed by atoms with Crippen molar-refractivity contribution >= 4 is 39.1 Å². The van der Waals surface area contributed by atoms with Crippen LogP contribution in [0.3, 0.4) is 0 Å². The van der Waals surface area contributed by atoms with E-state index in [0.29, 0.717) is 10.5 Å². The highest BCUT2D eigenvalue weighted by Crippen LogP contribution is 2.24. The Hall–Kier alpha value is -1.80. The Bertz CT molecular complexity index is 704. The number of hydrogen-bond acceptors (Lipinski definition) is 3. The van der Waals surface area contributed by atoms with Gasteiger partial charge in [-0.2, -0.15) is 0 Å². The van der Waals surface area contributed by atoms with Crippen LogP contribution in [-0.2, 0) is 4.79 Å². The van der Waals surface area contributed by atoms with Crippen LogP contribution in [0.25, 0.3) is 0 Å². The molecule has 0 aliphatic rings. The standard InChI is InChI=1S/C13H8BrF2NO3S/c14-8-3-4-21-11(8)12(18)17-10(13(19)20)7-2-1-6(15)5-9(7)16/h1-5,10H,(H,17,18)(H,19,20). The summed E-state index contributed by atoms with van der Waals surface area (Å²) in [5.74, 6) is -3.96. The molecule has 2 rings (SSSR count). The molecule has 0 saturated carbocycles. The summed E-state index contributed by atoms with van der Waals surface area (Å²) in [6.45, 7) is 0. The van der Waals surface area contributed by atoms with Crippen molar-refractivity contribution in [3.63, 3.8) is 0 Å². The van der Waals surface area contributed by atoms with Crippen molar-refractivity contribution in [1.29, 1.82) is 0 Å². The molecule has 1 unspecified atom stereocenters. The number of carboxylic acids is 1. The molecule has 8 heteroatoms. The third kappa shape index (κ3) is 3.45.